The van der Waals surface area contributed by atoms with Crippen LogP contribution in [0.5, 0.6) is 0 Å². The molecule has 0 saturated carbocycles. The molecule has 0 aliphatic carbocycles. The number of hydrogen-bond acceptors (Lipinski definition) is 3. The van der Waals surface area contributed by atoms with Gasteiger partial charge in [0.05, 0.1) is 15.9 Å². The summed E-state index contributed by atoms with van der Waals surface area (Å²) in [5, 5.41) is 4.29. The molecule has 3 rings (SSSR count). The SMILES string of the molecule is Cc1ccc(Nc2nc3ccc(C)cc3s2)c(Br)c1. The van der Waals surface area contributed by atoms with E-state index in [1.807, 2.05) is 0 Å². The zero-order valence-corrected chi connectivity index (χ0v) is 13.1. The molecule has 19 heavy (non-hydrogen) atoms. The Morgan fingerprint density at radius 1 is 1.05 bits per heavy atom. The van der Waals surface area contributed by atoms with Crippen LogP contribution in [-0.4, -0.2) is 4.98 Å². The van der Waals surface area contributed by atoms with Crippen LogP contribution in [0.3, 0.4) is 0 Å². The van der Waals surface area contributed by atoms with Crippen molar-refractivity contribution in [3.05, 3.63) is 52.0 Å². The lowest BCUT2D eigenvalue weighted by atomic mass is 10.2. The van der Waals surface area contributed by atoms with Crippen LogP contribution in [-0.2, 0) is 0 Å². The summed E-state index contributed by atoms with van der Waals surface area (Å²) in [7, 11) is 0. The van der Waals surface area contributed by atoms with Crippen LogP contribution < -0.4 is 5.32 Å². The summed E-state index contributed by atoms with van der Waals surface area (Å²) in [6.07, 6.45) is 0. The highest BCUT2D eigenvalue weighted by molar-refractivity contribution is 9.10. The molecule has 0 atom stereocenters. The maximum atomic E-state index is 4.60. The Labute approximate surface area is 124 Å². The predicted molar refractivity (Wildman–Crippen MR) is 86.5 cm³/mol. The van der Waals surface area contributed by atoms with Gasteiger partial charge in [0.25, 0.3) is 0 Å². The predicted octanol–water partition coefficient (Wildman–Crippen LogP) is 5.42. The van der Waals surface area contributed by atoms with E-state index in [0.717, 1.165) is 20.8 Å². The molecule has 1 N–H and O–H groups in total. The highest BCUT2D eigenvalue weighted by Crippen LogP contribution is 2.32. The van der Waals surface area contributed by atoms with E-state index < -0.39 is 0 Å². The lowest BCUT2D eigenvalue weighted by Crippen LogP contribution is -1.90. The number of anilines is 2. The fourth-order valence-corrected chi connectivity index (χ4v) is 3.49. The van der Waals surface area contributed by atoms with Crippen LogP contribution in [0.2, 0.25) is 0 Å². The number of hydrogen-bond donors (Lipinski definition) is 1. The van der Waals surface area contributed by atoms with Gasteiger partial charge in [0.1, 0.15) is 0 Å². The van der Waals surface area contributed by atoms with Gasteiger partial charge in [-0.2, -0.15) is 0 Å². The summed E-state index contributed by atoms with van der Waals surface area (Å²) in [4.78, 5) is 4.60. The summed E-state index contributed by atoms with van der Waals surface area (Å²) in [5.74, 6) is 0. The highest BCUT2D eigenvalue weighted by Gasteiger charge is 2.06. The average Bonchev–Trinajstić information content (AvgIpc) is 2.74. The molecule has 3 aromatic rings. The van der Waals surface area contributed by atoms with Crippen molar-refractivity contribution >= 4 is 48.3 Å². The summed E-state index contributed by atoms with van der Waals surface area (Å²) in [5.41, 5.74) is 4.58. The molecule has 0 aliphatic rings. The van der Waals surface area contributed by atoms with Crippen molar-refractivity contribution in [2.45, 2.75) is 13.8 Å². The van der Waals surface area contributed by atoms with Crippen LogP contribution in [0.25, 0.3) is 10.2 Å². The fraction of sp³-hybridized carbons (Fsp3) is 0.133. The van der Waals surface area contributed by atoms with E-state index in [1.54, 1.807) is 11.3 Å². The Balaban J connectivity index is 1.96. The zero-order chi connectivity index (χ0) is 13.4. The van der Waals surface area contributed by atoms with E-state index in [4.69, 9.17) is 0 Å². The Kier molecular flexibility index (Phi) is 3.29. The highest BCUT2D eigenvalue weighted by atomic mass is 79.9. The smallest absolute Gasteiger partial charge is 0.188 e. The van der Waals surface area contributed by atoms with Gasteiger partial charge in [-0.15, -0.1) is 0 Å². The van der Waals surface area contributed by atoms with E-state index in [2.05, 4.69) is 76.5 Å². The number of nitrogens with zero attached hydrogens (tertiary/aromatic N) is 1. The lowest BCUT2D eigenvalue weighted by Gasteiger charge is -2.05. The van der Waals surface area contributed by atoms with Gasteiger partial charge in [0, 0.05) is 4.47 Å². The minimum absolute atomic E-state index is 0.921. The van der Waals surface area contributed by atoms with Gasteiger partial charge >= 0.3 is 0 Å². The molecule has 1 heterocycles. The van der Waals surface area contributed by atoms with Crippen molar-refractivity contribution in [2.75, 3.05) is 5.32 Å². The van der Waals surface area contributed by atoms with Gasteiger partial charge in [-0.25, -0.2) is 4.98 Å². The maximum Gasteiger partial charge on any atom is 0.188 e. The first kappa shape index (κ1) is 12.6. The van der Waals surface area contributed by atoms with Crippen LogP contribution in [0.1, 0.15) is 11.1 Å². The van der Waals surface area contributed by atoms with E-state index >= 15 is 0 Å². The maximum absolute atomic E-state index is 4.60. The molecule has 0 saturated heterocycles. The Hall–Kier alpha value is -1.39. The van der Waals surface area contributed by atoms with Crippen LogP contribution in [0.15, 0.2) is 40.9 Å². The third-order valence-electron chi connectivity index (χ3n) is 2.91. The lowest BCUT2D eigenvalue weighted by molar-refractivity contribution is 1.40. The molecule has 2 nitrogen and oxygen atoms in total. The molecule has 4 heteroatoms. The molecular weight excluding hydrogens is 320 g/mol. The summed E-state index contributed by atoms with van der Waals surface area (Å²) < 4.78 is 2.27. The number of halogens is 1. The molecule has 96 valence electrons. The first-order chi connectivity index (χ1) is 9.11. The number of nitrogens with one attached hydrogen (secondary N) is 1. The molecule has 0 aliphatic heterocycles. The fourth-order valence-electron chi connectivity index (χ4n) is 1.92. The molecule has 0 radical (unpaired) electrons. The Morgan fingerprint density at radius 3 is 2.58 bits per heavy atom. The number of benzene rings is 2. The molecule has 1 aromatic heterocycles. The van der Waals surface area contributed by atoms with Gasteiger partial charge < -0.3 is 5.32 Å². The minimum Gasteiger partial charge on any atom is -0.331 e. The first-order valence-electron chi connectivity index (χ1n) is 6.02. The number of fused-ring (bicyclic) bond motifs is 1. The second kappa shape index (κ2) is 4.94. The third-order valence-corrected chi connectivity index (χ3v) is 4.50. The monoisotopic (exact) mass is 332 g/mol. The van der Waals surface area contributed by atoms with Gasteiger partial charge in [-0.3, -0.25) is 0 Å². The number of rotatable bonds is 2. The molecule has 0 unspecified atom stereocenters. The van der Waals surface area contributed by atoms with Crippen molar-refractivity contribution in [3.63, 3.8) is 0 Å². The van der Waals surface area contributed by atoms with Crippen molar-refractivity contribution in [1.29, 1.82) is 0 Å². The number of aromatic nitrogens is 1. The zero-order valence-electron chi connectivity index (χ0n) is 10.7. The second-order valence-electron chi connectivity index (χ2n) is 4.60. The van der Waals surface area contributed by atoms with Crippen molar-refractivity contribution in [3.8, 4) is 0 Å². The van der Waals surface area contributed by atoms with E-state index in [-0.39, 0.29) is 0 Å². The topological polar surface area (TPSA) is 24.9 Å². The number of aryl methyl sites for hydroxylation is 2. The standard InChI is InChI=1S/C15H13BrN2S/c1-9-3-5-12(11(16)7-9)17-15-18-13-6-4-10(2)8-14(13)19-15/h3-8H,1-2H3,(H,17,18). The minimum atomic E-state index is 0.921. The van der Waals surface area contributed by atoms with Gasteiger partial charge in [0.2, 0.25) is 0 Å². The van der Waals surface area contributed by atoms with Gasteiger partial charge in [-0.1, -0.05) is 23.5 Å². The molecule has 2 aromatic carbocycles. The normalized spacial score (nSPS) is 10.9. The molecule has 0 amide bonds. The molecule has 0 spiro atoms. The third kappa shape index (κ3) is 2.65. The quantitative estimate of drug-likeness (QED) is 0.677. The Morgan fingerprint density at radius 2 is 1.79 bits per heavy atom. The van der Waals surface area contributed by atoms with Crippen molar-refractivity contribution in [2.24, 2.45) is 0 Å². The van der Waals surface area contributed by atoms with Gasteiger partial charge in [0.15, 0.2) is 5.13 Å². The van der Waals surface area contributed by atoms with E-state index in [0.29, 0.717) is 0 Å². The van der Waals surface area contributed by atoms with Crippen LogP contribution in [0, 0.1) is 13.8 Å². The average molecular weight is 333 g/mol. The van der Waals surface area contributed by atoms with Crippen LogP contribution >= 0.6 is 27.3 Å². The summed E-state index contributed by atoms with van der Waals surface area (Å²) >= 11 is 5.25. The van der Waals surface area contributed by atoms with Crippen LogP contribution in [0.4, 0.5) is 10.8 Å². The van der Waals surface area contributed by atoms with Gasteiger partial charge in [-0.05, 0) is 65.2 Å². The van der Waals surface area contributed by atoms with E-state index in [9.17, 15) is 0 Å². The summed E-state index contributed by atoms with van der Waals surface area (Å²) in [6, 6.07) is 12.6. The summed E-state index contributed by atoms with van der Waals surface area (Å²) in [6.45, 7) is 4.18. The Bertz CT molecular complexity index is 749. The first-order valence-corrected chi connectivity index (χ1v) is 7.63. The van der Waals surface area contributed by atoms with Crippen molar-refractivity contribution in [1.82, 2.24) is 4.98 Å². The number of thiazole rings is 1. The van der Waals surface area contributed by atoms with Crippen molar-refractivity contribution < 1.29 is 0 Å². The molecule has 0 bridgehead atoms. The van der Waals surface area contributed by atoms with E-state index in [1.165, 1.54) is 15.8 Å². The largest absolute Gasteiger partial charge is 0.331 e. The molecular formula is C15H13BrN2S. The second-order valence-corrected chi connectivity index (χ2v) is 6.48. The molecule has 0 fully saturated rings.